The van der Waals surface area contributed by atoms with Gasteiger partial charge in [-0.05, 0) is 36.6 Å². The summed E-state index contributed by atoms with van der Waals surface area (Å²) >= 11 is 1.46. The first-order valence-corrected chi connectivity index (χ1v) is 9.73. The van der Waals surface area contributed by atoms with E-state index >= 15 is 0 Å². The fourth-order valence-electron chi connectivity index (χ4n) is 3.02. The Kier molecular flexibility index (Phi) is 6.22. The summed E-state index contributed by atoms with van der Waals surface area (Å²) in [6.45, 7) is 5.82. The van der Waals surface area contributed by atoms with E-state index < -0.39 is 0 Å². The highest BCUT2D eigenvalue weighted by atomic mass is 32.1. The van der Waals surface area contributed by atoms with Crippen LogP contribution in [0.5, 0.6) is 0 Å². The number of carbonyl (C=O) groups excluding carboxylic acids is 1. The number of nitrogens with zero attached hydrogens (tertiary/aromatic N) is 3. The van der Waals surface area contributed by atoms with Gasteiger partial charge in [0.2, 0.25) is 0 Å². The van der Waals surface area contributed by atoms with Crippen LogP contribution < -0.4 is 15.5 Å². The molecule has 2 aromatic heterocycles. The summed E-state index contributed by atoms with van der Waals surface area (Å²) < 4.78 is 0. The topological polar surface area (TPSA) is 70.2 Å². The monoisotopic (exact) mass is 359 g/mol. The van der Waals surface area contributed by atoms with E-state index in [2.05, 4.69) is 32.4 Å². The zero-order chi connectivity index (χ0) is 17.5. The second-order valence-electron chi connectivity index (χ2n) is 6.47. The quantitative estimate of drug-likeness (QED) is 0.744. The molecule has 1 unspecified atom stereocenters. The van der Waals surface area contributed by atoms with Gasteiger partial charge in [0.05, 0.1) is 4.88 Å². The maximum absolute atomic E-state index is 11.8. The van der Waals surface area contributed by atoms with Crippen LogP contribution in [0.15, 0.2) is 29.9 Å². The minimum atomic E-state index is -0.00135. The smallest absolute Gasteiger partial charge is 0.261 e. The molecular formula is C18H25N5OS. The second kappa shape index (κ2) is 8.80. The molecule has 134 valence electrons. The van der Waals surface area contributed by atoms with Crippen LogP contribution in [0.25, 0.3) is 0 Å². The van der Waals surface area contributed by atoms with Crippen molar-refractivity contribution in [3.63, 3.8) is 0 Å². The average Bonchev–Trinajstić information content (AvgIpc) is 3.16. The largest absolute Gasteiger partial charge is 0.370 e. The molecule has 1 aliphatic rings. The minimum absolute atomic E-state index is 0.00135. The molecule has 25 heavy (non-hydrogen) atoms. The molecule has 2 aromatic rings. The third-order valence-electron chi connectivity index (χ3n) is 4.32. The van der Waals surface area contributed by atoms with Gasteiger partial charge in [0, 0.05) is 32.2 Å². The predicted octanol–water partition coefficient (Wildman–Crippen LogP) is 3.01. The van der Waals surface area contributed by atoms with Gasteiger partial charge in [-0.15, -0.1) is 11.3 Å². The molecule has 1 fully saturated rings. The summed E-state index contributed by atoms with van der Waals surface area (Å²) in [7, 11) is 0. The lowest BCUT2D eigenvalue weighted by atomic mass is 10.0. The standard InChI is InChI=1S/C18H25N5OS/c1-14-5-2-9-23(12-14)17-11-16(21-13-22-17)19-7-4-8-20-18(24)15-6-3-10-25-15/h3,6,10-11,13-14H,2,4-5,7-9,12H2,1H3,(H,20,24)(H,19,21,22). The maximum atomic E-state index is 11.8. The molecule has 3 heterocycles. The molecule has 7 heteroatoms. The lowest BCUT2D eigenvalue weighted by Gasteiger charge is -2.31. The number of anilines is 2. The summed E-state index contributed by atoms with van der Waals surface area (Å²) in [5, 5.41) is 8.16. The van der Waals surface area contributed by atoms with Crippen LogP contribution >= 0.6 is 11.3 Å². The number of piperidine rings is 1. The second-order valence-corrected chi connectivity index (χ2v) is 7.42. The van der Waals surface area contributed by atoms with Crippen molar-refractivity contribution in [1.82, 2.24) is 15.3 Å². The molecule has 0 saturated carbocycles. The Bertz CT molecular complexity index is 676. The third-order valence-corrected chi connectivity index (χ3v) is 5.19. The van der Waals surface area contributed by atoms with Crippen molar-refractivity contribution in [2.45, 2.75) is 26.2 Å². The fourth-order valence-corrected chi connectivity index (χ4v) is 3.66. The van der Waals surface area contributed by atoms with Crippen molar-refractivity contribution in [2.75, 3.05) is 36.4 Å². The van der Waals surface area contributed by atoms with Crippen LogP contribution in [0, 0.1) is 5.92 Å². The summed E-state index contributed by atoms with van der Waals surface area (Å²) in [4.78, 5) is 23.6. The van der Waals surface area contributed by atoms with E-state index in [4.69, 9.17) is 0 Å². The Morgan fingerprint density at radius 1 is 1.40 bits per heavy atom. The van der Waals surface area contributed by atoms with Gasteiger partial charge in [-0.3, -0.25) is 4.79 Å². The lowest BCUT2D eigenvalue weighted by molar-refractivity contribution is 0.0957. The Morgan fingerprint density at radius 3 is 3.12 bits per heavy atom. The minimum Gasteiger partial charge on any atom is -0.370 e. The summed E-state index contributed by atoms with van der Waals surface area (Å²) in [6, 6.07) is 5.74. The van der Waals surface area contributed by atoms with Crippen LogP contribution in [-0.2, 0) is 0 Å². The highest BCUT2D eigenvalue weighted by Gasteiger charge is 2.17. The molecule has 1 amide bonds. The Morgan fingerprint density at radius 2 is 2.32 bits per heavy atom. The number of aromatic nitrogens is 2. The van der Waals surface area contributed by atoms with Crippen LogP contribution in [0.4, 0.5) is 11.6 Å². The molecule has 3 rings (SSSR count). The Hall–Kier alpha value is -2.15. The number of hydrogen-bond donors (Lipinski definition) is 2. The first-order valence-electron chi connectivity index (χ1n) is 8.85. The van der Waals surface area contributed by atoms with E-state index in [1.165, 1.54) is 24.2 Å². The van der Waals surface area contributed by atoms with Gasteiger partial charge in [0.15, 0.2) is 0 Å². The van der Waals surface area contributed by atoms with Gasteiger partial charge in [-0.1, -0.05) is 13.0 Å². The van der Waals surface area contributed by atoms with Crippen LogP contribution in [0.1, 0.15) is 35.9 Å². The number of rotatable bonds is 7. The predicted molar refractivity (Wildman–Crippen MR) is 102 cm³/mol. The highest BCUT2D eigenvalue weighted by molar-refractivity contribution is 7.12. The molecular weight excluding hydrogens is 334 g/mol. The normalized spacial score (nSPS) is 17.3. The Labute approximate surface area is 152 Å². The molecule has 2 N–H and O–H groups in total. The molecule has 0 aliphatic carbocycles. The number of hydrogen-bond acceptors (Lipinski definition) is 6. The summed E-state index contributed by atoms with van der Waals surface area (Å²) in [6.07, 6.45) is 4.98. The third kappa shape index (κ3) is 5.16. The molecule has 0 spiro atoms. The van der Waals surface area contributed by atoms with Gasteiger partial charge in [0.25, 0.3) is 5.91 Å². The zero-order valence-electron chi connectivity index (χ0n) is 14.6. The Balaban J connectivity index is 1.41. The van der Waals surface area contributed by atoms with Crippen LogP contribution in [-0.4, -0.2) is 42.1 Å². The van der Waals surface area contributed by atoms with E-state index in [0.717, 1.165) is 42.6 Å². The van der Waals surface area contributed by atoms with Crippen LogP contribution in [0.3, 0.4) is 0 Å². The molecule has 1 saturated heterocycles. The SMILES string of the molecule is CC1CCCN(c2cc(NCCCNC(=O)c3cccs3)ncn2)C1. The number of carbonyl (C=O) groups is 1. The molecule has 0 bridgehead atoms. The van der Waals surface area contributed by atoms with Gasteiger partial charge in [-0.25, -0.2) is 9.97 Å². The summed E-state index contributed by atoms with van der Waals surface area (Å²) in [5.74, 6) is 2.55. The zero-order valence-corrected chi connectivity index (χ0v) is 15.4. The van der Waals surface area contributed by atoms with E-state index in [0.29, 0.717) is 12.5 Å². The van der Waals surface area contributed by atoms with Crippen molar-refractivity contribution in [1.29, 1.82) is 0 Å². The van der Waals surface area contributed by atoms with E-state index in [9.17, 15) is 4.79 Å². The number of thiophene rings is 1. The fraction of sp³-hybridized carbons (Fsp3) is 0.500. The first-order chi connectivity index (χ1) is 12.2. The van der Waals surface area contributed by atoms with E-state index in [-0.39, 0.29) is 5.91 Å². The first kappa shape index (κ1) is 17.7. The van der Waals surface area contributed by atoms with Crippen LogP contribution in [0.2, 0.25) is 0 Å². The van der Waals surface area contributed by atoms with Crippen molar-refractivity contribution < 1.29 is 4.79 Å². The average molecular weight is 359 g/mol. The van der Waals surface area contributed by atoms with Crippen molar-refractivity contribution in [3.05, 3.63) is 34.8 Å². The number of nitrogens with one attached hydrogen (secondary N) is 2. The maximum Gasteiger partial charge on any atom is 0.261 e. The van der Waals surface area contributed by atoms with Crippen molar-refractivity contribution in [3.8, 4) is 0 Å². The van der Waals surface area contributed by atoms with Gasteiger partial charge in [0.1, 0.15) is 18.0 Å². The highest BCUT2D eigenvalue weighted by Crippen LogP contribution is 2.22. The van der Waals surface area contributed by atoms with Crippen molar-refractivity contribution >= 4 is 28.9 Å². The molecule has 0 radical (unpaired) electrons. The number of amides is 1. The molecule has 0 aromatic carbocycles. The molecule has 6 nitrogen and oxygen atoms in total. The van der Waals surface area contributed by atoms with Gasteiger partial charge in [-0.2, -0.15) is 0 Å². The van der Waals surface area contributed by atoms with E-state index in [1.54, 1.807) is 6.33 Å². The molecule has 1 atom stereocenters. The van der Waals surface area contributed by atoms with E-state index in [1.807, 2.05) is 23.6 Å². The molecule has 1 aliphatic heterocycles. The van der Waals surface area contributed by atoms with Gasteiger partial charge >= 0.3 is 0 Å². The lowest BCUT2D eigenvalue weighted by Crippen LogP contribution is -2.34. The summed E-state index contributed by atoms with van der Waals surface area (Å²) in [5.41, 5.74) is 0. The van der Waals surface area contributed by atoms with Gasteiger partial charge < -0.3 is 15.5 Å². The van der Waals surface area contributed by atoms with Crippen molar-refractivity contribution in [2.24, 2.45) is 5.92 Å².